The van der Waals surface area contributed by atoms with E-state index in [0.29, 0.717) is 11.3 Å². The highest BCUT2D eigenvalue weighted by atomic mass is 79.9. The number of rotatable bonds is 5. The van der Waals surface area contributed by atoms with Crippen molar-refractivity contribution >= 4 is 39.0 Å². The Hall–Kier alpha value is -3.32. The van der Waals surface area contributed by atoms with Crippen molar-refractivity contribution in [2.75, 3.05) is 7.11 Å². The number of ether oxygens (including phenoxy) is 1. The second kappa shape index (κ2) is 9.14. The lowest BCUT2D eigenvalue weighted by molar-refractivity contribution is 0.0929. The van der Waals surface area contributed by atoms with Crippen LogP contribution in [0.15, 0.2) is 62.5 Å². The molecule has 0 spiro atoms. The SMILES string of the molecule is COc1cc(Br)cc2cc(C(=O)N/N=C\c3cc(C)n(-c4ccc(C(C)(C)C)cc4)c3C)oc12. The van der Waals surface area contributed by atoms with Crippen molar-refractivity contribution in [3.05, 3.63) is 81.3 Å². The van der Waals surface area contributed by atoms with Gasteiger partial charge in [-0.1, -0.05) is 48.8 Å². The minimum atomic E-state index is -0.433. The maximum atomic E-state index is 12.6. The average molecular weight is 522 g/mol. The third-order valence-corrected chi connectivity index (χ3v) is 6.28. The van der Waals surface area contributed by atoms with Gasteiger partial charge in [0.25, 0.3) is 0 Å². The number of halogens is 1. The fraction of sp³-hybridized carbons (Fsp3) is 0.259. The van der Waals surface area contributed by atoms with Gasteiger partial charge in [-0.3, -0.25) is 4.79 Å². The van der Waals surface area contributed by atoms with Crippen LogP contribution in [-0.4, -0.2) is 23.8 Å². The predicted octanol–water partition coefficient (Wildman–Crippen LogP) is 6.67. The van der Waals surface area contributed by atoms with E-state index in [9.17, 15) is 4.79 Å². The molecule has 6 nitrogen and oxygen atoms in total. The lowest BCUT2D eigenvalue weighted by Crippen LogP contribution is -2.16. The fourth-order valence-corrected chi connectivity index (χ4v) is 4.45. The van der Waals surface area contributed by atoms with Crippen LogP contribution in [0.5, 0.6) is 5.75 Å². The molecule has 4 rings (SSSR count). The summed E-state index contributed by atoms with van der Waals surface area (Å²) in [4.78, 5) is 12.6. The summed E-state index contributed by atoms with van der Waals surface area (Å²) in [7, 11) is 1.56. The molecule has 176 valence electrons. The molecule has 34 heavy (non-hydrogen) atoms. The molecule has 1 N–H and O–H groups in total. The van der Waals surface area contributed by atoms with E-state index in [0.717, 1.165) is 32.5 Å². The Bertz CT molecular complexity index is 1390. The Balaban J connectivity index is 1.53. The second-order valence-corrected chi connectivity index (χ2v) is 10.2. The van der Waals surface area contributed by atoms with Crippen molar-refractivity contribution in [1.29, 1.82) is 0 Å². The molecule has 7 heteroatoms. The summed E-state index contributed by atoms with van der Waals surface area (Å²) in [5.41, 5.74) is 8.61. The summed E-state index contributed by atoms with van der Waals surface area (Å²) in [6.45, 7) is 10.7. The Labute approximate surface area is 207 Å². The van der Waals surface area contributed by atoms with Gasteiger partial charge >= 0.3 is 5.91 Å². The summed E-state index contributed by atoms with van der Waals surface area (Å²) in [6.07, 6.45) is 1.65. The van der Waals surface area contributed by atoms with Crippen molar-refractivity contribution in [2.45, 2.75) is 40.0 Å². The van der Waals surface area contributed by atoms with Gasteiger partial charge in [0.15, 0.2) is 17.1 Å². The molecule has 0 aliphatic carbocycles. The average Bonchev–Trinajstić information content (AvgIpc) is 3.33. The number of methoxy groups -OCH3 is 1. The van der Waals surface area contributed by atoms with Gasteiger partial charge in [-0.15, -0.1) is 0 Å². The third-order valence-electron chi connectivity index (χ3n) is 5.82. The summed E-state index contributed by atoms with van der Waals surface area (Å²) in [5, 5.41) is 4.93. The Morgan fingerprint density at radius 3 is 2.47 bits per heavy atom. The van der Waals surface area contributed by atoms with Gasteiger partial charge in [-0.2, -0.15) is 5.10 Å². The fourth-order valence-electron chi connectivity index (χ4n) is 3.99. The van der Waals surface area contributed by atoms with Crippen LogP contribution in [0.3, 0.4) is 0 Å². The van der Waals surface area contributed by atoms with Gasteiger partial charge in [0.2, 0.25) is 0 Å². The van der Waals surface area contributed by atoms with Gasteiger partial charge < -0.3 is 13.7 Å². The van der Waals surface area contributed by atoms with Gasteiger partial charge in [-0.05, 0) is 61.2 Å². The Kier molecular flexibility index (Phi) is 6.41. The van der Waals surface area contributed by atoms with Gasteiger partial charge in [0, 0.05) is 32.5 Å². The van der Waals surface area contributed by atoms with Crippen LogP contribution in [-0.2, 0) is 5.41 Å². The molecule has 0 unspecified atom stereocenters. The minimum absolute atomic E-state index is 0.108. The maximum absolute atomic E-state index is 12.6. The van der Waals surface area contributed by atoms with Gasteiger partial charge in [-0.25, -0.2) is 5.43 Å². The van der Waals surface area contributed by atoms with Gasteiger partial charge in [0.05, 0.1) is 13.3 Å². The number of aromatic nitrogens is 1. The first-order valence-corrected chi connectivity index (χ1v) is 11.8. The number of amides is 1. The van der Waals surface area contributed by atoms with Crippen LogP contribution in [0, 0.1) is 13.8 Å². The number of hydrazone groups is 1. The van der Waals surface area contributed by atoms with E-state index < -0.39 is 5.91 Å². The van der Waals surface area contributed by atoms with Crippen LogP contribution >= 0.6 is 15.9 Å². The topological polar surface area (TPSA) is 68.8 Å². The largest absolute Gasteiger partial charge is 0.493 e. The molecule has 2 heterocycles. The van der Waals surface area contributed by atoms with Crippen LogP contribution in [0.4, 0.5) is 0 Å². The summed E-state index contributed by atoms with van der Waals surface area (Å²) >= 11 is 3.43. The highest BCUT2D eigenvalue weighted by molar-refractivity contribution is 9.10. The maximum Gasteiger partial charge on any atom is 0.307 e. The van der Waals surface area contributed by atoms with E-state index in [1.807, 2.05) is 19.1 Å². The van der Waals surface area contributed by atoms with Crippen molar-refractivity contribution < 1.29 is 13.9 Å². The van der Waals surface area contributed by atoms with E-state index in [4.69, 9.17) is 9.15 Å². The standard InChI is InChI=1S/C27H28BrN3O3/c1-16-11-19(17(2)31(16)22-9-7-20(8-10-22)27(3,4)5)15-29-30-26(32)24-13-18-12-21(28)14-23(33-6)25(18)34-24/h7-15H,1-6H3,(H,30,32)/b29-15-. The first kappa shape index (κ1) is 23.8. The number of nitrogens with zero attached hydrogens (tertiary/aromatic N) is 2. The normalized spacial score (nSPS) is 12.0. The summed E-state index contributed by atoms with van der Waals surface area (Å²) in [6, 6.07) is 16.0. The molecule has 0 saturated heterocycles. The molecule has 0 saturated carbocycles. The zero-order chi connectivity index (χ0) is 24.6. The first-order chi connectivity index (χ1) is 16.1. The quantitative estimate of drug-likeness (QED) is 0.235. The highest BCUT2D eigenvalue weighted by Crippen LogP contribution is 2.32. The minimum Gasteiger partial charge on any atom is -0.493 e. The monoisotopic (exact) mass is 521 g/mol. The van der Waals surface area contributed by atoms with E-state index in [1.54, 1.807) is 25.5 Å². The van der Waals surface area contributed by atoms with E-state index >= 15 is 0 Å². The molecule has 0 aliphatic rings. The number of carbonyl (C=O) groups excluding carboxylic acids is 1. The zero-order valence-corrected chi connectivity index (χ0v) is 21.8. The molecule has 0 radical (unpaired) electrons. The lowest BCUT2D eigenvalue weighted by atomic mass is 9.87. The molecule has 0 bridgehead atoms. The number of hydrogen-bond acceptors (Lipinski definition) is 4. The van der Waals surface area contributed by atoms with Crippen molar-refractivity contribution in [1.82, 2.24) is 9.99 Å². The lowest BCUT2D eigenvalue weighted by Gasteiger charge is -2.20. The van der Waals surface area contributed by atoms with Crippen LogP contribution in [0.2, 0.25) is 0 Å². The zero-order valence-electron chi connectivity index (χ0n) is 20.2. The molecule has 0 atom stereocenters. The summed E-state index contributed by atoms with van der Waals surface area (Å²) in [5.74, 6) is 0.278. The molecular weight excluding hydrogens is 494 g/mol. The molecule has 4 aromatic rings. The van der Waals surface area contributed by atoms with Gasteiger partial charge in [0.1, 0.15) is 0 Å². The van der Waals surface area contributed by atoms with Crippen LogP contribution < -0.4 is 10.2 Å². The van der Waals surface area contributed by atoms with Crippen LogP contribution in [0.1, 0.15) is 53.8 Å². The predicted molar refractivity (Wildman–Crippen MR) is 139 cm³/mol. The molecule has 0 fully saturated rings. The number of hydrogen-bond donors (Lipinski definition) is 1. The molecule has 1 amide bonds. The van der Waals surface area contributed by atoms with Crippen molar-refractivity contribution in [3.8, 4) is 11.4 Å². The number of benzene rings is 2. The molecular formula is C27H28BrN3O3. The molecule has 0 aliphatic heterocycles. The Morgan fingerprint density at radius 2 is 1.82 bits per heavy atom. The van der Waals surface area contributed by atoms with E-state index in [-0.39, 0.29) is 11.2 Å². The van der Waals surface area contributed by atoms with Crippen molar-refractivity contribution in [3.63, 3.8) is 0 Å². The number of nitrogens with one attached hydrogen (secondary N) is 1. The smallest absolute Gasteiger partial charge is 0.307 e. The number of aryl methyl sites for hydroxylation is 1. The van der Waals surface area contributed by atoms with E-state index in [1.165, 1.54) is 5.56 Å². The number of carbonyl (C=O) groups is 1. The molecule has 2 aromatic carbocycles. The second-order valence-electron chi connectivity index (χ2n) is 9.29. The van der Waals surface area contributed by atoms with Crippen LogP contribution in [0.25, 0.3) is 16.7 Å². The Morgan fingerprint density at radius 1 is 1.12 bits per heavy atom. The highest BCUT2D eigenvalue weighted by Gasteiger charge is 2.17. The first-order valence-electron chi connectivity index (χ1n) is 11.0. The molecule has 2 aromatic heterocycles. The number of furan rings is 1. The van der Waals surface area contributed by atoms with Crippen molar-refractivity contribution in [2.24, 2.45) is 5.10 Å². The third kappa shape index (κ3) is 4.66. The summed E-state index contributed by atoms with van der Waals surface area (Å²) < 4.78 is 14.1. The van der Waals surface area contributed by atoms with E-state index in [2.05, 4.69) is 83.0 Å². The number of fused-ring (bicyclic) bond motifs is 1.